The van der Waals surface area contributed by atoms with Gasteiger partial charge in [0.1, 0.15) is 5.03 Å². The molecule has 4 aromatic rings. The Kier molecular flexibility index (Phi) is 5.69. The maximum absolute atomic E-state index is 6.03. The summed E-state index contributed by atoms with van der Waals surface area (Å²) in [6.45, 7) is 2.13. The zero-order chi connectivity index (χ0) is 19.3. The summed E-state index contributed by atoms with van der Waals surface area (Å²) in [7, 11) is 0. The summed E-state index contributed by atoms with van der Waals surface area (Å²) in [6, 6.07) is 19.6. The van der Waals surface area contributed by atoms with Crippen LogP contribution < -0.4 is 0 Å². The minimum absolute atomic E-state index is 0.533. The first kappa shape index (κ1) is 18.7. The van der Waals surface area contributed by atoms with Crippen LogP contribution in [0.1, 0.15) is 18.4 Å². The van der Waals surface area contributed by atoms with Gasteiger partial charge in [0.2, 0.25) is 11.7 Å². The van der Waals surface area contributed by atoms with Crippen LogP contribution in [-0.4, -0.2) is 20.3 Å². The van der Waals surface area contributed by atoms with E-state index in [0.29, 0.717) is 22.5 Å². The Hall–Kier alpha value is -2.70. The number of rotatable bonds is 6. The normalized spacial score (nSPS) is 10.9. The van der Waals surface area contributed by atoms with Crippen molar-refractivity contribution in [1.29, 1.82) is 0 Å². The van der Waals surface area contributed by atoms with Crippen molar-refractivity contribution < 1.29 is 4.52 Å². The molecule has 0 aliphatic heterocycles. The summed E-state index contributed by atoms with van der Waals surface area (Å²) in [5.41, 5.74) is 3.94. The molecule has 0 unspecified atom stereocenters. The highest BCUT2D eigenvalue weighted by Crippen LogP contribution is 2.25. The van der Waals surface area contributed by atoms with E-state index in [4.69, 9.17) is 16.1 Å². The summed E-state index contributed by atoms with van der Waals surface area (Å²) < 4.78 is 5.36. The SMILES string of the molecule is CCc1ccc(-c2noc(CSc3ccc(-c4cccc(Cl)c4)nn3)n2)cc1. The van der Waals surface area contributed by atoms with Crippen LogP contribution >= 0.6 is 23.4 Å². The van der Waals surface area contributed by atoms with Gasteiger partial charge in [-0.1, -0.05) is 71.8 Å². The summed E-state index contributed by atoms with van der Waals surface area (Å²) in [6.07, 6.45) is 1.01. The molecule has 0 N–H and O–H groups in total. The van der Waals surface area contributed by atoms with Crippen LogP contribution in [0, 0.1) is 0 Å². The fourth-order valence-electron chi connectivity index (χ4n) is 2.65. The van der Waals surface area contributed by atoms with Crippen molar-refractivity contribution in [3.63, 3.8) is 0 Å². The van der Waals surface area contributed by atoms with Gasteiger partial charge < -0.3 is 4.52 Å². The van der Waals surface area contributed by atoms with Gasteiger partial charge >= 0.3 is 0 Å². The maximum Gasteiger partial charge on any atom is 0.237 e. The van der Waals surface area contributed by atoms with Gasteiger partial charge in [-0.25, -0.2) is 0 Å². The molecule has 0 saturated heterocycles. The smallest absolute Gasteiger partial charge is 0.237 e. The molecule has 0 bridgehead atoms. The molecule has 5 nitrogen and oxygen atoms in total. The van der Waals surface area contributed by atoms with E-state index >= 15 is 0 Å². The molecule has 7 heteroatoms. The van der Waals surface area contributed by atoms with Gasteiger partial charge in [0.25, 0.3) is 0 Å². The van der Waals surface area contributed by atoms with E-state index in [1.807, 2.05) is 48.5 Å². The van der Waals surface area contributed by atoms with Gasteiger partial charge in [-0.15, -0.1) is 10.2 Å². The lowest BCUT2D eigenvalue weighted by molar-refractivity contribution is 0.391. The van der Waals surface area contributed by atoms with Gasteiger partial charge in [-0.3, -0.25) is 0 Å². The molecular formula is C21H17ClN4OS. The number of halogens is 1. The second-order valence-electron chi connectivity index (χ2n) is 6.12. The zero-order valence-corrected chi connectivity index (χ0v) is 16.7. The standard InChI is InChI=1S/C21H17ClN4OS/c1-2-14-6-8-15(9-7-14)21-23-19(27-26-21)13-28-20-11-10-18(24-25-20)16-4-3-5-17(22)12-16/h3-12H,2,13H2,1H3. The number of nitrogens with zero attached hydrogens (tertiary/aromatic N) is 4. The lowest BCUT2D eigenvalue weighted by Gasteiger charge is -2.02. The maximum atomic E-state index is 6.03. The number of aryl methyl sites for hydroxylation is 1. The van der Waals surface area contributed by atoms with Crippen molar-refractivity contribution >= 4 is 23.4 Å². The van der Waals surface area contributed by atoms with Crippen LogP contribution in [0.2, 0.25) is 5.02 Å². The molecule has 0 atom stereocenters. The van der Waals surface area contributed by atoms with Crippen LogP contribution in [0.4, 0.5) is 0 Å². The molecule has 2 aromatic carbocycles. The Morgan fingerprint density at radius 3 is 2.54 bits per heavy atom. The average Bonchev–Trinajstić information content (AvgIpc) is 3.22. The lowest BCUT2D eigenvalue weighted by Crippen LogP contribution is -1.90. The number of benzene rings is 2. The third-order valence-corrected chi connectivity index (χ3v) is 5.33. The summed E-state index contributed by atoms with van der Waals surface area (Å²) in [5.74, 6) is 1.69. The molecule has 0 aliphatic carbocycles. The molecule has 0 radical (unpaired) electrons. The van der Waals surface area contributed by atoms with Gasteiger partial charge in [0, 0.05) is 16.1 Å². The monoisotopic (exact) mass is 408 g/mol. The fraction of sp³-hybridized carbons (Fsp3) is 0.143. The number of hydrogen-bond acceptors (Lipinski definition) is 6. The van der Waals surface area contributed by atoms with E-state index in [0.717, 1.165) is 28.3 Å². The van der Waals surface area contributed by atoms with Crippen LogP contribution in [0.3, 0.4) is 0 Å². The highest BCUT2D eigenvalue weighted by molar-refractivity contribution is 7.98. The lowest BCUT2D eigenvalue weighted by atomic mass is 10.1. The number of thioether (sulfide) groups is 1. The minimum Gasteiger partial charge on any atom is -0.338 e. The highest BCUT2D eigenvalue weighted by Gasteiger charge is 2.10. The van der Waals surface area contributed by atoms with E-state index in [9.17, 15) is 0 Å². The molecule has 0 amide bonds. The van der Waals surface area contributed by atoms with Crippen molar-refractivity contribution in [3.05, 3.63) is 77.1 Å². The predicted octanol–water partition coefficient (Wildman–Crippen LogP) is 5.70. The first-order valence-electron chi connectivity index (χ1n) is 8.85. The average molecular weight is 409 g/mol. The number of aromatic nitrogens is 4. The fourth-order valence-corrected chi connectivity index (χ4v) is 3.50. The molecule has 0 saturated carbocycles. The number of hydrogen-bond donors (Lipinski definition) is 0. The Morgan fingerprint density at radius 2 is 1.82 bits per heavy atom. The molecule has 0 fully saturated rings. The topological polar surface area (TPSA) is 64.7 Å². The Morgan fingerprint density at radius 1 is 0.964 bits per heavy atom. The van der Waals surface area contributed by atoms with E-state index in [1.165, 1.54) is 17.3 Å². The molecule has 0 spiro atoms. The van der Waals surface area contributed by atoms with Crippen molar-refractivity contribution in [3.8, 4) is 22.6 Å². The summed E-state index contributed by atoms with van der Waals surface area (Å²) in [4.78, 5) is 4.46. The van der Waals surface area contributed by atoms with Crippen molar-refractivity contribution in [2.75, 3.05) is 0 Å². The quantitative estimate of drug-likeness (QED) is 0.381. The van der Waals surface area contributed by atoms with Gasteiger partial charge in [0.15, 0.2) is 0 Å². The first-order chi connectivity index (χ1) is 13.7. The van der Waals surface area contributed by atoms with Crippen LogP contribution in [0.5, 0.6) is 0 Å². The van der Waals surface area contributed by atoms with E-state index in [-0.39, 0.29) is 0 Å². The second kappa shape index (κ2) is 8.54. The molecule has 4 rings (SSSR count). The van der Waals surface area contributed by atoms with E-state index in [2.05, 4.69) is 39.4 Å². The van der Waals surface area contributed by atoms with Crippen molar-refractivity contribution in [2.45, 2.75) is 24.1 Å². The van der Waals surface area contributed by atoms with Gasteiger partial charge in [-0.2, -0.15) is 4.98 Å². The summed E-state index contributed by atoms with van der Waals surface area (Å²) >= 11 is 7.53. The van der Waals surface area contributed by atoms with Crippen LogP contribution in [0.25, 0.3) is 22.6 Å². The van der Waals surface area contributed by atoms with Gasteiger partial charge in [-0.05, 0) is 36.2 Å². The molecule has 2 heterocycles. The molecule has 0 aliphatic rings. The van der Waals surface area contributed by atoms with Crippen molar-refractivity contribution in [2.24, 2.45) is 0 Å². The summed E-state index contributed by atoms with van der Waals surface area (Å²) in [5, 5.41) is 14.1. The van der Waals surface area contributed by atoms with Crippen LogP contribution in [0.15, 0.2) is 70.2 Å². The first-order valence-corrected chi connectivity index (χ1v) is 10.2. The van der Waals surface area contributed by atoms with Gasteiger partial charge in [0.05, 0.1) is 11.4 Å². The third kappa shape index (κ3) is 4.40. The van der Waals surface area contributed by atoms with E-state index < -0.39 is 0 Å². The Balaban J connectivity index is 1.40. The molecule has 28 heavy (non-hydrogen) atoms. The Bertz CT molecular complexity index is 1060. The molecule has 2 aromatic heterocycles. The third-order valence-electron chi connectivity index (χ3n) is 4.19. The second-order valence-corrected chi connectivity index (χ2v) is 7.55. The molecular weight excluding hydrogens is 392 g/mol. The minimum atomic E-state index is 0.533. The van der Waals surface area contributed by atoms with Crippen LogP contribution in [-0.2, 0) is 12.2 Å². The van der Waals surface area contributed by atoms with E-state index in [1.54, 1.807) is 0 Å². The Labute approximate surface area is 172 Å². The highest BCUT2D eigenvalue weighted by atomic mass is 35.5. The van der Waals surface area contributed by atoms with Crippen molar-refractivity contribution in [1.82, 2.24) is 20.3 Å². The largest absolute Gasteiger partial charge is 0.338 e. The predicted molar refractivity (Wildman–Crippen MR) is 111 cm³/mol. The molecule has 140 valence electrons. The zero-order valence-electron chi connectivity index (χ0n) is 15.2.